The van der Waals surface area contributed by atoms with Crippen LogP contribution in [0.1, 0.15) is 24.5 Å². The van der Waals surface area contributed by atoms with Gasteiger partial charge in [0.25, 0.3) is 0 Å². The molecule has 16 heavy (non-hydrogen) atoms. The van der Waals surface area contributed by atoms with Crippen LogP contribution in [-0.4, -0.2) is 25.9 Å². The minimum atomic E-state index is -0.791. The molecule has 0 bridgehead atoms. The van der Waals surface area contributed by atoms with E-state index >= 15 is 0 Å². The maximum absolute atomic E-state index is 13.5. The number of ether oxygens (including phenoxy) is 2. The van der Waals surface area contributed by atoms with Crippen molar-refractivity contribution in [2.45, 2.75) is 18.9 Å². The summed E-state index contributed by atoms with van der Waals surface area (Å²) in [6.07, 6.45) is 0.390. The maximum atomic E-state index is 13.5. The Labute approximate surface area is 94.8 Å². The van der Waals surface area contributed by atoms with E-state index in [2.05, 4.69) is 0 Å². The van der Waals surface area contributed by atoms with Crippen LogP contribution in [0.5, 0.6) is 5.75 Å². The third-order valence-corrected chi connectivity index (χ3v) is 2.39. The largest absolute Gasteiger partial charge is 0.497 e. The molecule has 0 aliphatic heterocycles. The van der Waals surface area contributed by atoms with E-state index in [4.69, 9.17) is 9.47 Å². The fraction of sp³-hybridized carbons (Fsp3) is 0.500. The number of hydrogen-bond acceptors (Lipinski definition) is 3. The van der Waals surface area contributed by atoms with Gasteiger partial charge in [0.1, 0.15) is 11.6 Å². The third kappa shape index (κ3) is 3.47. The lowest BCUT2D eigenvalue weighted by Gasteiger charge is -2.12. The molecule has 90 valence electrons. The van der Waals surface area contributed by atoms with Gasteiger partial charge in [-0.25, -0.2) is 4.39 Å². The predicted octanol–water partition coefficient (Wildman–Crippen LogP) is 2.29. The van der Waals surface area contributed by atoms with Crippen molar-refractivity contribution in [2.24, 2.45) is 0 Å². The van der Waals surface area contributed by atoms with Crippen LogP contribution in [0.15, 0.2) is 18.2 Å². The highest BCUT2D eigenvalue weighted by atomic mass is 19.1. The van der Waals surface area contributed by atoms with Crippen molar-refractivity contribution in [3.63, 3.8) is 0 Å². The Morgan fingerprint density at radius 2 is 2.12 bits per heavy atom. The van der Waals surface area contributed by atoms with E-state index in [1.54, 1.807) is 19.2 Å². The van der Waals surface area contributed by atoms with Gasteiger partial charge >= 0.3 is 0 Å². The smallest absolute Gasteiger partial charge is 0.132 e. The molecular weight excluding hydrogens is 211 g/mol. The molecule has 4 heteroatoms. The second-order valence-electron chi connectivity index (χ2n) is 3.54. The topological polar surface area (TPSA) is 38.7 Å². The lowest BCUT2D eigenvalue weighted by molar-refractivity contribution is 0.133. The Bertz CT molecular complexity index is 328. The minimum Gasteiger partial charge on any atom is -0.497 e. The van der Waals surface area contributed by atoms with E-state index in [1.165, 1.54) is 13.2 Å². The highest BCUT2D eigenvalue weighted by molar-refractivity contribution is 5.30. The van der Waals surface area contributed by atoms with Crippen LogP contribution < -0.4 is 4.74 Å². The standard InChI is InChI=1S/C12H17FO3/c1-15-7-3-4-12(14)10-6-5-9(16-2)8-11(10)13/h5-6,8,12,14H,3-4,7H2,1-2H3. The van der Waals surface area contributed by atoms with E-state index in [-0.39, 0.29) is 0 Å². The number of aliphatic hydroxyl groups is 1. The van der Waals surface area contributed by atoms with Gasteiger partial charge < -0.3 is 14.6 Å². The summed E-state index contributed by atoms with van der Waals surface area (Å²) >= 11 is 0. The number of rotatable bonds is 6. The molecule has 0 aliphatic carbocycles. The van der Waals surface area contributed by atoms with Crippen LogP contribution in [0.3, 0.4) is 0 Å². The number of aliphatic hydroxyl groups excluding tert-OH is 1. The molecule has 1 aromatic carbocycles. The summed E-state index contributed by atoms with van der Waals surface area (Å²) in [6, 6.07) is 4.46. The summed E-state index contributed by atoms with van der Waals surface area (Å²) in [4.78, 5) is 0. The van der Waals surface area contributed by atoms with E-state index in [9.17, 15) is 9.50 Å². The molecule has 0 aromatic heterocycles. The van der Waals surface area contributed by atoms with Gasteiger partial charge in [0.2, 0.25) is 0 Å². The van der Waals surface area contributed by atoms with Crippen LogP contribution in [0.2, 0.25) is 0 Å². The Morgan fingerprint density at radius 3 is 2.69 bits per heavy atom. The van der Waals surface area contributed by atoms with Crippen molar-refractivity contribution < 1.29 is 19.0 Å². The molecule has 0 amide bonds. The minimum absolute atomic E-state index is 0.303. The van der Waals surface area contributed by atoms with Crippen LogP contribution in [-0.2, 0) is 4.74 Å². The first-order chi connectivity index (χ1) is 7.69. The molecular formula is C12H17FO3. The molecule has 0 spiro atoms. The van der Waals surface area contributed by atoms with Crippen molar-refractivity contribution in [2.75, 3.05) is 20.8 Å². The number of halogens is 1. The molecule has 3 nitrogen and oxygen atoms in total. The van der Waals surface area contributed by atoms with Gasteiger partial charge in [-0.2, -0.15) is 0 Å². The molecule has 1 N–H and O–H groups in total. The molecule has 0 saturated carbocycles. The summed E-state index contributed by atoms with van der Waals surface area (Å²) in [7, 11) is 3.07. The Kier molecular flexibility index (Phi) is 5.22. The molecule has 1 aromatic rings. The fourth-order valence-electron chi connectivity index (χ4n) is 1.48. The van der Waals surface area contributed by atoms with E-state index < -0.39 is 11.9 Å². The molecule has 0 saturated heterocycles. The summed E-state index contributed by atoms with van der Waals surface area (Å²) in [5.74, 6) is 0.00890. The average molecular weight is 228 g/mol. The van der Waals surface area contributed by atoms with E-state index in [0.29, 0.717) is 30.8 Å². The van der Waals surface area contributed by atoms with Gasteiger partial charge in [-0.05, 0) is 25.0 Å². The van der Waals surface area contributed by atoms with Crippen LogP contribution in [0.4, 0.5) is 4.39 Å². The van der Waals surface area contributed by atoms with Gasteiger partial charge in [-0.15, -0.1) is 0 Å². The quantitative estimate of drug-likeness (QED) is 0.759. The number of benzene rings is 1. The van der Waals surface area contributed by atoms with Crippen LogP contribution in [0, 0.1) is 5.82 Å². The Balaban J connectivity index is 2.64. The molecule has 1 rings (SSSR count). The first-order valence-electron chi connectivity index (χ1n) is 5.19. The molecule has 0 aliphatic rings. The van der Waals surface area contributed by atoms with Crippen molar-refractivity contribution in [3.05, 3.63) is 29.6 Å². The highest BCUT2D eigenvalue weighted by Gasteiger charge is 2.13. The zero-order chi connectivity index (χ0) is 12.0. The number of hydrogen-bond donors (Lipinski definition) is 1. The van der Waals surface area contributed by atoms with Gasteiger partial charge in [-0.3, -0.25) is 0 Å². The van der Waals surface area contributed by atoms with E-state index in [1.807, 2.05) is 0 Å². The van der Waals surface area contributed by atoms with Crippen molar-refractivity contribution in [1.29, 1.82) is 0 Å². The monoisotopic (exact) mass is 228 g/mol. The summed E-state index contributed by atoms with van der Waals surface area (Å²) < 4.78 is 23.3. The zero-order valence-electron chi connectivity index (χ0n) is 9.57. The lowest BCUT2D eigenvalue weighted by atomic mass is 10.0. The second kappa shape index (κ2) is 6.45. The van der Waals surface area contributed by atoms with Crippen molar-refractivity contribution in [3.8, 4) is 5.75 Å². The van der Waals surface area contributed by atoms with Gasteiger partial charge in [0.15, 0.2) is 0 Å². The summed E-state index contributed by atoms with van der Waals surface area (Å²) in [5.41, 5.74) is 0.303. The maximum Gasteiger partial charge on any atom is 0.132 e. The first-order valence-corrected chi connectivity index (χ1v) is 5.19. The molecule has 1 atom stereocenters. The molecule has 1 unspecified atom stereocenters. The SMILES string of the molecule is COCCCC(O)c1ccc(OC)cc1F. The third-order valence-electron chi connectivity index (χ3n) is 2.39. The predicted molar refractivity (Wildman–Crippen MR) is 59.0 cm³/mol. The average Bonchev–Trinajstić information content (AvgIpc) is 2.29. The van der Waals surface area contributed by atoms with Crippen molar-refractivity contribution in [1.82, 2.24) is 0 Å². The first kappa shape index (κ1) is 12.9. The fourth-order valence-corrected chi connectivity index (χ4v) is 1.48. The van der Waals surface area contributed by atoms with Crippen molar-refractivity contribution >= 4 is 0 Å². The van der Waals surface area contributed by atoms with Gasteiger partial charge in [-0.1, -0.05) is 0 Å². The Hall–Kier alpha value is -1.13. The number of methoxy groups -OCH3 is 2. The zero-order valence-corrected chi connectivity index (χ0v) is 9.57. The molecule has 0 radical (unpaired) electrons. The van der Waals surface area contributed by atoms with Gasteiger partial charge in [0.05, 0.1) is 13.2 Å². The van der Waals surface area contributed by atoms with E-state index in [0.717, 1.165) is 0 Å². The van der Waals surface area contributed by atoms with Gasteiger partial charge in [0, 0.05) is 25.3 Å². The Morgan fingerprint density at radius 1 is 1.38 bits per heavy atom. The summed E-state index contributed by atoms with van der Waals surface area (Å²) in [6.45, 7) is 0.564. The molecule has 0 heterocycles. The summed E-state index contributed by atoms with van der Waals surface area (Å²) in [5, 5.41) is 9.76. The van der Waals surface area contributed by atoms with Crippen LogP contribution >= 0.6 is 0 Å². The molecule has 0 fully saturated rings. The highest BCUT2D eigenvalue weighted by Crippen LogP contribution is 2.24. The lowest BCUT2D eigenvalue weighted by Crippen LogP contribution is -2.02. The normalized spacial score (nSPS) is 12.5. The second-order valence-corrected chi connectivity index (χ2v) is 3.54. The van der Waals surface area contributed by atoms with Crippen LogP contribution in [0.25, 0.3) is 0 Å².